The van der Waals surface area contributed by atoms with Gasteiger partial charge in [0.25, 0.3) is 0 Å². The minimum Gasteiger partial charge on any atom is -0.115 e. The van der Waals surface area contributed by atoms with Crippen molar-refractivity contribution in [3.05, 3.63) is 65.7 Å². The summed E-state index contributed by atoms with van der Waals surface area (Å²) in [6, 6.07) is 16.3. The fourth-order valence-corrected chi connectivity index (χ4v) is 1.91. The second-order valence-corrected chi connectivity index (χ2v) is 3.78. The van der Waals surface area contributed by atoms with Crippen LogP contribution in [0.5, 0.6) is 0 Å². The molecule has 0 aliphatic heterocycles. The molecule has 0 fully saturated rings. The summed E-state index contributed by atoms with van der Waals surface area (Å²) >= 11 is 0. The number of allylic oxidation sites excluding steroid dienone is 1. The predicted molar refractivity (Wildman–Crippen MR) is 74.5 cm³/mol. The molecule has 0 aliphatic rings. The van der Waals surface area contributed by atoms with Gasteiger partial charge in [0.15, 0.2) is 0 Å². The Morgan fingerprint density at radius 3 is 2.29 bits per heavy atom. The fourth-order valence-electron chi connectivity index (χ4n) is 1.91. The third kappa shape index (κ3) is 2.29. The quantitative estimate of drug-likeness (QED) is 0.657. The zero-order valence-corrected chi connectivity index (χ0v) is 9.85. The van der Waals surface area contributed by atoms with E-state index in [0.717, 1.165) is 11.1 Å². The van der Waals surface area contributed by atoms with Crippen LogP contribution in [0, 0.1) is 12.3 Å². The van der Waals surface area contributed by atoms with Crippen molar-refractivity contribution < 1.29 is 0 Å². The van der Waals surface area contributed by atoms with E-state index in [1.807, 2.05) is 43.3 Å². The summed E-state index contributed by atoms with van der Waals surface area (Å²) in [6.07, 6.45) is 9.68. The summed E-state index contributed by atoms with van der Waals surface area (Å²) in [7, 11) is 0. The minimum atomic E-state index is 0.935. The molecule has 0 aliphatic carbocycles. The van der Waals surface area contributed by atoms with Crippen molar-refractivity contribution in [1.82, 2.24) is 0 Å². The van der Waals surface area contributed by atoms with E-state index < -0.39 is 0 Å². The van der Waals surface area contributed by atoms with Crippen molar-refractivity contribution in [3.63, 3.8) is 0 Å². The summed E-state index contributed by atoms with van der Waals surface area (Å²) in [4.78, 5) is 0. The molecule has 82 valence electrons. The third-order valence-corrected chi connectivity index (χ3v) is 2.68. The topological polar surface area (TPSA) is 0 Å². The Labute approximate surface area is 103 Å². The van der Waals surface area contributed by atoms with Crippen molar-refractivity contribution in [2.24, 2.45) is 0 Å². The lowest BCUT2D eigenvalue weighted by molar-refractivity contribution is 1.56. The Bertz CT molecular complexity index is 583. The van der Waals surface area contributed by atoms with Crippen LogP contribution >= 0.6 is 0 Å². The second-order valence-electron chi connectivity index (χ2n) is 3.78. The maximum absolute atomic E-state index is 5.54. The number of hydrogen-bond acceptors (Lipinski definition) is 0. The monoisotopic (exact) mass is 218 g/mol. The van der Waals surface area contributed by atoms with Crippen molar-refractivity contribution >= 4 is 6.08 Å². The van der Waals surface area contributed by atoms with Gasteiger partial charge in [-0.05, 0) is 29.7 Å². The average molecular weight is 218 g/mol. The Morgan fingerprint density at radius 2 is 1.59 bits per heavy atom. The van der Waals surface area contributed by atoms with E-state index in [1.165, 1.54) is 11.1 Å². The minimum absolute atomic E-state index is 0.935. The summed E-state index contributed by atoms with van der Waals surface area (Å²) in [5.41, 5.74) is 4.42. The number of terminal acetylenes is 1. The smallest absolute Gasteiger partial charge is 0.0321 e. The maximum Gasteiger partial charge on any atom is 0.0321 e. The lowest BCUT2D eigenvalue weighted by Gasteiger charge is -2.08. The molecular formula is C17H14. The Balaban J connectivity index is 2.65. The first-order valence-electron chi connectivity index (χ1n) is 5.64. The molecule has 0 unspecified atom stereocenters. The Kier molecular flexibility index (Phi) is 3.43. The molecule has 2 aromatic carbocycles. The van der Waals surface area contributed by atoms with Gasteiger partial charge >= 0.3 is 0 Å². The number of benzene rings is 2. The van der Waals surface area contributed by atoms with Crippen LogP contribution in [0.25, 0.3) is 17.2 Å². The molecule has 0 saturated heterocycles. The van der Waals surface area contributed by atoms with Gasteiger partial charge in [0, 0.05) is 5.56 Å². The summed E-state index contributed by atoms with van der Waals surface area (Å²) in [5, 5.41) is 0. The normalized spacial score (nSPS) is 10.4. The van der Waals surface area contributed by atoms with Crippen molar-refractivity contribution in [2.75, 3.05) is 0 Å². The highest BCUT2D eigenvalue weighted by atomic mass is 14.1. The molecule has 0 bridgehead atoms. The van der Waals surface area contributed by atoms with Gasteiger partial charge in [0.1, 0.15) is 0 Å². The highest BCUT2D eigenvalue weighted by Gasteiger charge is 2.05. The molecule has 0 atom stereocenters. The van der Waals surface area contributed by atoms with Crippen LogP contribution in [0.4, 0.5) is 0 Å². The number of hydrogen-bond donors (Lipinski definition) is 0. The SMILES string of the molecule is C#Cc1ccccc1-c1ccccc1/C=C\C. The van der Waals surface area contributed by atoms with Gasteiger partial charge in [-0.15, -0.1) is 6.42 Å². The van der Waals surface area contributed by atoms with Crippen LogP contribution in [0.2, 0.25) is 0 Å². The fraction of sp³-hybridized carbons (Fsp3) is 0.0588. The van der Waals surface area contributed by atoms with Gasteiger partial charge in [-0.1, -0.05) is 60.5 Å². The van der Waals surface area contributed by atoms with E-state index in [9.17, 15) is 0 Å². The first kappa shape index (κ1) is 11.2. The van der Waals surface area contributed by atoms with Gasteiger partial charge in [-0.2, -0.15) is 0 Å². The van der Waals surface area contributed by atoms with Crippen LogP contribution in [0.15, 0.2) is 54.6 Å². The van der Waals surface area contributed by atoms with Gasteiger partial charge in [0.2, 0.25) is 0 Å². The lowest BCUT2D eigenvalue weighted by atomic mass is 9.95. The van der Waals surface area contributed by atoms with Gasteiger partial charge < -0.3 is 0 Å². The molecule has 0 nitrogen and oxygen atoms in total. The molecular weight excluding hydrogens is 204 g/mol. The van der Waals surface area contributed by atoms with Crippen LogP contribution in [0.3, 0.4) is 0 Å². The lowest BCUT2D eigenvalue weighted by Crippen LogP contribution is -1.86. The van der Waals surface area contributed by atoms with Crippen LogP contribution in [0.1, 0.15) is 18.1 Å². The largest absolute Gasteiger partial charge is 0.115 e. The molecule has 0 heterocycles. The summed E-state index contributed by atoms with van der Waals surface area (Å²) < 4.78 is 0. The van der Waals surface area contributed by atoms with Crippen LogP contribution in [-0.2, 0) is 0 Å². The highest BCUT2D eigenvalue weighted by Crippen LogP contribution is 2.27. The molecule has 2 rings (SSSR count). The van der Waals surface area contributed by atoms with E-state index in [2.05, 4.69) is 30.2 Å². The molecule has 0 radical (unpaired) electrons. The van der Waals surface area contributed by atoms with E-state index >= 15 is 0 Å². The Morgan fingerprint density at radius 1 is 0.941 bits per heavy atom. The molecule has 2 aromatic rings. The zero-order valence-electron chi connectivity index (χ0n) is 9.85. The van der Waals surface area contributed by atoms with Crippen LogP contribution < -0.4 is 0 Å². The molecule has 0 heteroatoms. The maximum atomic E-state index is 5.54. The molecule has 0 saturated carbocycles. The van der Waals surface area contributed by atoms with E-state index in [0.29, 0.717) is 0 Å². The molecule has 0 spiro atoms. The molecule has 0 aromatic heterocycles. The second kappa shape index (κ2) is 5.18. The average Bonchev–Trinajstić information content (AvgIpc) is 2.40. The standard InChI is InChI=1S/C17H14/c1-3-9-15-11-6-8-13-17(15)16-12-7-5-10-14(16)4-2/h2-3,5-13H,1H3/b9-3-. The van der Waals surface area contributed by atoms with Crippen molar-refractivity contribution in [2.45, 2.75) is 6.92 Å². The number of rotatable bonds is 2. The van der Waals surface area contributed by atoms with Crippen molar-refractivity contribution in [1.29, 1.82) is 0 Å². The van der Waals surface area contributed by atoms with E-state index in [-0.39, 0.29) is 0 Å². The van der Waals surface area contributed by atoms with Gasteiger partial charge in [-0.25, -0.2) is 0 Å². The third-order valence-electron chi connectivity index (χ3n) is 2.68. The van der Waals surface area contributed by atoms with Crippen LogP contribution in [-0.4, -0.2) is 0 Å². The molecule has 0 N–H and O–H groups in total. The summed E-state index contributed by atoms with van der Waals surface area (Å²) in [5.74, 6) is 2.74. The first-order valence-corrected chi connectivity index (χ1v) is 5.64. The van der Waals surface area contributed by atoms with E-state index in [4.69, 9.17) is 6.42 Å². The predicted octanol–water partition coefficient (Wildman–Crippen LogP) is 4.37. The van der Waals surface area contributed by atoms with Gasteiger partial charge in [-0.3, -0.25) is 0 Å². The highest BCUT2D eigenvalue weighted by molar-refractivity contribution is 5.79. The molecule has 0 amide bonds. The first-order chi connectivity index (χ1) is 8.36. The van der Waals surface area contributed by atoms with Crippen molar-refractivity contribution in [3.8, 4) is 23.5 Å². The Hall–Kier alpha value is -2.26. The van der Waals surface area contributed by atoms with Gasteiger partial charge in [0.05, 0.1) is 0 Å². The zero-order chi connectivity index (χ0) is 12.1. The summed E-state index contributed by atoms with van der Waals surface area (Å²) in [6.45, 7) is 2.02. The molecule has 17 heavy (non-hydrogen) atoms. The van der Waals surface area contributed by atoms with E-state index in [1.54, 1.807) is 0 Å².